The lowest BCUT2D eigenvalue weighted by molar-refractivity contribution is 0.0306. The summed E-state index contributed by atoms with van der Waals surface area (Å²) in [7, 11) is 0. The molecule has 1 saturated carbocycles. The number of carbonyl (C=O) groups excluding carboxylic acids is 1. The Balaban J connectivity index is 1.25. The highest BCUT2D eigenvalue weighted by molar-refractivity contribution is 5.94. The van der Waals surface area contributed by atoms with Crippen molar-refractivity contribution in [1.82, 2.24) is 19.7 Å². The van der Waals surface area contributed by atoms with Crippen molar-refractivity contribution in [2.45, 2.75) is 44.2 Å². The molecule has 1 amide bonds. The molecular weight excluding hydrogens is 366 g/mol. The number of anilines is 1. The van der Waals surface area contributed by atoms with Gasteiger partial charge in [-0.15, -0.1) is 0 Å². The van der Waals surface area contributed by atoms with Crippen LogP contribution in [0.3, 0.4) is 0 Å². The highest BCUT2D eigenvalue weighted by Gasteiger charge is 2.42. The summed E-state index contributed by atoms with van der Waals surface area (Å²) in [6, 6.07) is 5.87. The Bertz CT molecular complexity index is 831. The van der Waals surface area contributed by atoms with Gasteiger partial charge < -0.3 is 14.9 Å². The van der Waals surface area contributed by atoms with Crippen LogP contribution in [0.2, 0.25) is 0 Å². The van der Waals surface area contributed by atoms with Crippen molar-refractivity contribution in [2.24, 2.45) is 11.8 Å². The molecule has 154 valence electrons. The quantitative estimate of drug-likeness (QED) is 0.864. The summed E-state index contributed by atoms with van der Waals surface area (Å²) in [6.07, 6.45) is 10.2. The second-order valence-corrected chi connectivity index (χ2v) is 8.78. The van der Waals surface area contributed by atoms with E-state index in [0.717, 1.165) is 57.7 Å². The third-order valence-corrected chi connectivity index (χ3v) is 6.94. The molecule has 2 aliphatic heterocycles. The first-order chi connectivity index (χ1) is 14.2. The zero-order chi connectivity index (χ0) is 19.8. The van der Waals surface area contributed by atoms with Crippen LogP contribution in [-0.4, -0.2) is 63.0 Å². The van der Waals surface area contributed by atoms with Crippen molar-refractivity contribution >= 4 is 11.7 Å². The molecule has 7 nitrogen and oxygen atoms in total. The van der Waals surface area contributed by atoms with E-state index in [0.29, 0.717) is 17.4 Å². The molecule has 0 radical (unpaired) electrons. The number of rotatable bonds is 3. The fraction of sp³-hybridized carbons (Fsp3) is 0.591. The first-order valence-corrected chi connectivity index (χ1v) is 10.9. The number of hydrogen-bond acceptors (Lipinski definition) is 5. The number of likely N-dealkylation sites (tertiary alicyclic amines) is 1. The molecule has 0 bridgehead atoms. The van der Waals surface area contributed by atoms with E-state index in [-0.39, 0.29) is 18.1 Å². The van der Waals surface area contributed by atoms with E-state index in [4.69, 9.17) is 0 Å². The van der Waals surface area contributed by atoms with Gasteiger partial charge in [0.05, 0.1) is 17.7 Å². The van der Waals surface area contributed by atoms with Gasteiger partial charge in [-0.3, -0.25) is 9.48 Å². The van der Waals surface area contributed by atoms with Crippen LogP contribution in [0.5, 0.6) is 0 Å². The maximum atomic E-state index is 12.7. The number of fused-ring (bicyclic) bond motifs is 1. The van der Waals surface area contributed by atoms with Gasteiger partial charge in [0.25, 0.3) is 5.91 Å². The van der Waals surface area contributed by atoms with Crippen molar-refractivity contribution in [2.75, 3.05) is 31.1 Å². The minimum atomic E-state index is -0.353. The van der Waals surface area contributed by atoms with Gasteiger partial charge in [-0.25, -0.2) is 4.98 Å². The second kappa shape index (κ2) is 7.78. The Morgan fingerprint density at radius 1 is 1.07 bits per heavy atom. The lowest BCUT2D eigenvalue weighted by Gasteiger charge is -2.35. The standard InChI is InChI=1S/C22H29N5O2/c28-20-12-18-15-26(14-17(18)11-19(20)27-10-4-7-24-27)21-6-5-16(13-23-21)22(29)25-8-2-1-3-9-25/h4-7,10,13,17-20,28H,1-3,8-9,11-12,14-15H2/t17-,18+,19-,20-/m1/s1. The number of piperidine rings is 1. The molecule has 0 unspecified atom stereocenters. The predicted molar refractivity (Wildman–Crippen MR) is 110 cm³/mol. The molecule has 3 fully saturated rings. The average Bonchev–Trinajstić information content (AvgIpc) is 3.43. The van der Waals surface area contributed by atoms with E-state index in [1.54, 1.807) is 12.4 Å². The Morgan fingerprint density at radius 3 is 2.55 bits per heavy atom. The predicted octanol–water partition coefficient (Wildman–Crippen LogP) is 2.35. The average molecular weight is 396 g/mol. The Kier molecular flexibility index (Phi) is 4.99. The molecular formula is C22H29N5O2. The molecule has 0 aromatic carbocycles. The highest BCUT2D eigenvalue weighted by atomic mass is 16.3. The van der Waals surface area contributed by atoms with Crippen LogP contribution in [0, 0.1) is 11.8 Å². The lowest BCUT2D eigenvalue weighted by Crippen LogP contribution is -2.36. The molecule has 3 aliphatic rings. The summed E-state index contributed by atoms with van der Waals surface area (Å²) in [4.78, 5) is 21.5. The van der Waals surface area contributed by atoms with E-state index >= 15 is 0 Å². The first kappa shape index (κ1) is 18.6. The van der Waals surface area contributed by atoms with E-state index in [9.17, 15) is 9.90 Å². The maximum Gasteiger partial charge on any atom is 0.255 e. The smallest absolute Gasteiger partial charge is 0.255 e. The van der Waals surface area contributed by atoms with Gasteiger partial charge in [-0.1, -0.05) is 0 Å². The van der Waals surface area contributed by atoms with Gasteiger partial charge in [0, 0.05) is 44.8 Å². The van der Waals surface area contributed by atoms with Crippen LogP contribution in [0.25, 0.3) is 0 Å². The number of aliphatic hydroxyl groups is 1. The van der Waals surface area contributed by atoms with Crippen LogP contribution < -0.4 is 4.90 Å². The summed E-state index contributed by atoms with van der Waals surface area (Å²) in [5, 5.41) is 15.0. The molecule has 2 aromatic heterocycles. The maximum absolute atomic E-state index is 12.7. The Morgan fingerprint density at radius 2 is 1.86 bits per heavy atom. The zero-order valence-electron chi connectivity index (χ0n) is 16.7. The monoisotopic (exact) mass is 395 g/mol. The van der Waals surface area contributed by atoms with Crippen LogP contribution in [0.1, 0.15) is 48.5 Å². The third kappa shape index (κ3) is 3.64. The number of hydrogen-bond donors (Lipinski definition) is 1. The number of carbonyl (C=O) groups is 1. The number of pyridine rings is 1. The minimum Gasteiger partial charge on any atom is -0.391 e. The van der Waals surface area contributed by atoms with Crippen LogP contribution in [0.15, 0.2) is 36.8 Å². The third-order valence-electron chi connectivity index (χ3n) is 6.94. The molecule has 29 heavy (non-hydrogen) atoms. The summed E-state index contributed by atoms with van der Waals surface area (Å²) in [5.41, 5.74) is 0.682. The Hall–Kier alpha value is -2.41. The molecule has 1 aliphatic carbocycles. The normalized spacial score (nSPS) is 29.7. The van der Waals surface area contributed by atoms with Gasteiger partial charge in [-0.05, 0) is 62.1 Å². The Labute approximate surface area is 171 Å². The molecule has 0 spiro atoms. The number of aliphatic hydroxyl groups excluding tert-OH is 1. The van der Waals surface area contributed by atoms with E-state index in [1.807, 2.05) is 34.0 Å². The van der Waals surface area contributed by atoms with Gasteiger partial charge >= 0.3 is 0 Å². The molecule has 4 heterocycles. The van der Waals surface area contributed by atoms with Crippen molar-refractivity contribution in [3.8, 4) is 0 Å². The SMILES string of the molecule is O=C(c1ccc(N2C[C@H]3C[C@@H](n4cccn4)[C@H](O)C[C@H]3C2)nc1)N1CCCCC1. The number of amides is 1. The molecule has 5 rings (SSSR count). The van der Waals surface area contributed by atoms with Gasteiger partial charge in [0.1, 0.15) is 5.82 Å². The van der Waals surface area contributed by atoms with Gasteiger partial charge in [-0.2, -0.15) is 5.10 Å². The molecule has 4 atom stereocenters. The molecule has 2 saturated heterocycles. The number of nitrogens with zero attached hydrogens (tertiary/aromatic N) is 5. The zero-order valence-corrected chi connectivity index (χ0v) is 16.7. The van der Waals surface area contributed by atoms with Crippen molar-refractivity contribution in [1.29, 1.82) is 0 Å². The van der Waals surface area contributed by atoms with Crippen LogP contribution in [-0.2, 0) is 0 Å². The largest absolute Gasteiger partial charge is 0.391 e. The van der Waals surface area contributed by atoms with Crippen LogP contribution in [0.4, 0.5) is 5.82 Å². The summed E-state index contributed by atoms with van der Waals surface area (Å²) in [6.45, 7) is 3.58. The van der Waals surface area contributed by atoms with Gasteiger partial charge in [0.2, 0.25) is 0 Å². The topological polar surface area (TPSA) is 74.5 Å². The molecule has 2 aromatic rings. The molecule has 7 heteroatoms. The fourth-order valence-corrected chi connectivity index (χ4v) is 5.33. The van der Waals surface area contributed by atoms with Crippen molar-refractivity contribution < 1.29 is 9.90 Å². The van der Waals surface area contributed by atoms with E-state index in [1.165, 1.54) is 6.42 Å². The highest BCUT2D eigenvalue weighted by Crippen LogP contribution is 2.42. The minimum absolute atomic E-state index is 0.0590. The first-order valence-electron chi connectivity index (χ1n) is 10.9. The van der Waals surface area contributed by atoms with Gasteiger partial charge in [0.15, 0.2) is 0 Å². The van der Waals surface area contributed by atoms with E-state index in [2.05, 4.69) is 15.0 Å². The van der Waals surface area contributed by atoms with Crippen molar-refractivity contribution in [3.05, 3.63) is 42.4 Å². The summed E-state index contributed by atoms with van der Waals surface area (Å²) in [5.74, 6) is 2.04. The second-order valence-electron chi connectivity index (χ2n) is 8.78. The van der Waals surface area contributed by atoms with Crippen LogP contribution >= 0.6 is 0 Å². The fourth-order valence-electron chi connectivity index (χ4n) is 5.33. The summed E-state index contributed by atoms with van der Waals surface area (Å²) >= 11 is 0. The number of aromatic nitrogens is 3. The summed E-state index contributed by atoms with van der Waals surface area (Å²) < 4.78 is 1.91. The lowest BCUT2D eigenvalue weighted by atomic mass is 9.77. The van der Waals surface area contributed by atoms with Crippen molar-refractivity contribution in [3.63, 3.8) is 0 Å². The van der Waals surface area contributed by atoms with E-state index < -0.39 is 0 Å². The molecule has 1 N–H and O–H groups in total.